The Balaban J connectivity index is 0.00000200. The van der Waals surface area contributed by atoms with Crippen molar-refractivity contribution in [1.82, 2.24) is 10.2 Å². The standard InChI is InChI=1S/C15H21FN2O.ClH/c16-14-7-5-6-13(12-14)15(19)17-8-1-2-9-18-10-3-4-11-18;/h5-7,12H,1-4,8-11H2,(H,17,19);1H. The highest BCUT2D eigenvalue weighted by Gasteiger charge is 2.10. The Morgan fingerprint density at radius 2 is 2.00 bits per heavy atom. The zero-order valence-corrected chi connectivity index (χ0v) is 12.4. The van der Waals surface area contributed by atoms with Crippen LogP contribution in [0.3, 0.4) is 0 Å². The normalized spacial score (nSPS) is 14.8. The molecule has 1 saturated heterocycles. The van der Waals surface area contributed by atoms with Crippen LogP contribution in [0.2, 0.25) is 0 Å². The Morgan fingerprint density at radius 1 is 1.25 bits per heavy atom. The van der Waals surface area contributed by atoms with Crippen LogP contribution < -0.4 is 5.32 Å². The maximum Gasteiger partial charge on any atom is 0.251 e. The molecule has 0 bridgehead atoms. The van der Waals surface area contributed by atoms with Gasteiger partial charge in [0, 0.05) is 12.1 Å². The monoisotopic (exact) mass is 300 g/mol. The van der Waals surface area contributed by atoms with Crippen molar-refractivity contribution < 1.29 is 9.18 Å². The number of likely N-dealkylation sites (tertiary alicyclic amines) is 1. The van der Waals surface area contributed by atoms with Crippen molar-refractivity contribution in [2.45, 2.75) is 25.7 Å². The van der Waals surface area contributed by atoms with Crippen LogP contribution in [0.4, 0.5) is 4.39 Å². The summed E-state index contributed by atoms with van der Waals surface area (Å²) in [7, 11) is 0. The summed E-state index contributed by atoms with van der Waals surface area (Å²) in [5.41, 5.74) is 0.388. The van der Waals surface area contributed by atoms with Gasteiger partial charge in [-0.05, 0) is 63.5 Å². The van der Waals surface area contributed by atoms with Crippen LogP contribution in [0.1, 0.15) is 36.0 Å². The zero-order chi connectivity index (χ0) is 13.5. The Hall–Kier alpha value is -1.13. The third-order valence-corrected chi connectivity index (χ3v) is 3.47. The van der Waals surface area contributed by atoms with E-state index in [-0.39, 0.29) is 24.1 Å². The largest absolute Gasteiger partial charge is 0.352 e. The number of hydrogen-bond acceptors (Lipinski definition) is 2. The molecule has 0 aliphatic carbocycles. The lowest BCUT2D eigenvalue weighted by Gasteiger charge is -2.14. The van der Waals surface area contributed by atoms with Crippen LogP contribution >= 0.6 is 12.4 Å². The van der Waals surface area contributed by atoms with Crippen molar-refractivity contribution in [3.63, 3.8) is 0 Å². The lowest BCUT2D eigenvalue weighted by atomic mass is 10.2. The van der Waals surface area contributed by atoms with Gasteiger partial charge in [0.1, 0.15) is 5.82 Å². The smallest absolute Gasteiger partial charge is 0.251 e. The predicted octanol–water partition coefficient (Wildman–Crippen LogP) is 2.85. The first kappa shape index (κ1) is 16.9. The minimum atomic E-state index is -0.373. The first-order valence-corrected chi connectivity index (χ1v) is 7.02. The lowest BCUT2D eigenvalue weighted by Crippen LogP contribution is -2.26. The van der Waals surface area contributed by atoms with Crippen LogP contribution in [0.25, 0.3) is 0 Å². The van der Waals surface area contributed by atoms with E-state index in [1.165, 1.54) is 38.1 Å². The molecule has 0 spiro atoms. The summed E-state index contributed by atoms with van der Waals surface area (Å²) in [5.74, 6) is -0.567. The highest BCUT2D eigenvalue weighted by atomic mass is 35.5. The van der Waals surface area contributed by atoms with Gasteiger partial charge in [-0.1, -0.05) is 6.07 Å². The second-order valence-corrected chi connectivity index (χ2v) is 5.02. The van der Waals surface area contributed by atoms with Crippen LogP contribution in [0, 0.1) is 5.82 Å². The number of benzene rings is 1. The second-order valence-electron chi connectivity index (χ2n) is 5.02. The topological polar surface area (TPSA) is 32.3 Å². The minimum Gasteiger partial charge on any atom is -0.352 e. The van der Waals surface area contributed by atoms with Crippen molar-refractivity contribution in [1.29, 1.82) is 0 Å². The van der Waals surface area contributed by atoms with Gasteiger partial charge in [0.25, 0.3) is 5.91 Å². The first-order chi connectivity index (χ1) is 9.25. The van der Waals surface area contributed by atoms with Crippen LogP contribution in [-0.4, -0.2) is 37.0 Å². The van der Waals surface area contributed by atoms with E-state index in [4.69, 9.17) is 0 Å². The average molecular weight is 301 g/mol. The molecule has 5 heteroatoms. The van der Waals surface area contributed by atoms with Gasteiger partial charge in [-0.25, -0.2) is 4.39 Å². The molecule has 0 unspecified atom stereocenters. The number of hydrogen-bond donors (Lipinski definition) is 1. The van der Waals surface area contributed by atoms with Crippen molar-refractivity contribution in [2.75, 3.05) is 26.2 Å². The summed E-state index contributed by atoms with van der Waals surface area (Å²) in [6, 6.07) is 5.78. The lowest BCUT2D eigenvalue weighted by molar-refractivity contribution is 0.0952. The Kier molecular flexibility index (Phi) is 7.55. The maximum absolute atomic E-state index is 13.0. The molecular formula is C15H22ClFN2O. The molecule has 112 valence electrons. The summed E-state index contributed by atoms with van der Waals surface area (Å²) in [6.45, 7) is 4.21. The summed E-state index contributed by atoms with van der Waals surface area (Å²) >= 11 is 0. The zero-order valence-electron chi connectivity index (χ0n) is 11.6. The summed E-state index contributed by atoms with van der Waals surface area (Å²) in [6.07, 6.45) is 4.70. The first-order valence-electron chi connectivity index (χ1n) is 7.02. The SMILES string of the molecule is Cl.O=C(NCCCCN1CCCC1)c1cccc(F)c1. The van der Waals surface area contributed by atoms with Crippen molar-refractivity contribution in [3.05, 3.63) is 35.6 Å². The van der Waals surface area contributed by atoms with E-state index in [0.29, 0.717) is 12.1 Å². The van der Waals surface area contributed by atoms with E-state index >= 15 is 0 Å². The van der Waals surface area contributed by atoms with Crippen LogP contribution in [0.5, 0.6) is 0 Å². The highest BCUT2D eigenvalue weighted by molar-refractivity contribution is 5.94. The van der Waals surface area contributed by atoms with Gasteiger partial charge in [0.15, 0.2) is 0 Å². The van der Waals surface area contributed by atoms with Gasteiger partial charge in [-0.3, -0.25) is 4.79 Å². The van der Waals surface area contributed by atoms with Crippen LogP contribution in [0.15, 0.2) is 24.3 Å². The number of halogens is 2. The molecule has 1 aliphatic rings. The fourth-order valence-corrected chi connectivity index (χ4v) is 2.40. The minimum absolute atomic E-state index is 0. The van der Waals surface area contributed by atoms with E-state index in [0.717, 1.165) is 19.4 Å². The third kappa shape index (κ3) is 5.47. The molecular weight excluding hydrogens is 279 g/mol. The van der Waals surface area contributed by atoms with Gasteiger partial charge in [-0.2, -0.15) is 0 Å². The molecule has 1 aliphatic heterocycles. The van der Waals surface area contributed by atoms with Crippen LogP contribution in [-0.2, 0) is 0 Å². The number of amides is 1. The molecule has 0 saturated carbocycles. The third-order valence-electron chi connectivity index (χ3n) is 3.47. The maximum atomic E-state index is 13.0. The Morgan fingerprint density at radius 3 is 2.70 bits per heavy atom. The van der Waals surface area contributed by atoms with Crippen molar-refractivity contribution in [2.24, 2.45) is 0 Å². The van der Waals surface area contributed by atoms with E-state index in [9.17, 15) is 9.18 Å². The molecule has 0 aromatic heterocycles. The van der Waals surface area contributed by atoms with Crippen molar-refractivity contribution >= 4 is 18.3 Å². The van der Waals surface area contributed by atoms with E-state index in [1.807, 2.05) is 0 Å². The number of rotatable bonds is 6. The van der Waals surface area contributed by atoms with E-state index in [1.54, 1.807) is 12.1 Å². The van der Waals surface area contributed by atoms with Crippen molar-refractivity contribution in [3.8, 4) is 0 Å². The Labute approximate surface area is 125 Å². The number of unbranched alkanes of at least 4 members (excludes halogenated alkanes) is 1. The fourth-order valence-electron chi connectivity index (χ4n) is 2.40. The molecule has 0 atom stereocenters. The molecule has 1 amide bonds. The van der Waals surface area contributed by atoms with E-state index in [2.05, 4.69) is 10.2 Å². The van der Waals surface area contributed by atoms with Gasteiger partial charge in [0.05, 0.1) is 0 Å². The Bertz CT molecular complexity index is 422. The molecule has 0 radical (unpaired) electrons. The average Bonchev–Trinajstić information content (AvgIpc) is 2.91. The van der Waals surface area contributed by atoms with Gasteiger partial charge >= 0.3 is 0 Å². The summed E-state index contributed by atoms with van der Waals surface area (Å²) in [4.78, 5) is 14.2. The number of nitrogens with zero attached hydrogens (tertiary/aromatic N) is 1. The second kappa shape index (κ2) is 8.93. The van der Waals surface area contributed by atoms with Gasteiger partial charge < -0.3 is 10.2 Å². The summed E-state index contributed by atoms with van der Waals surface area (Å²) in [5, 5.41) is 2.83. The molecule has 1 aromatic carbocycles. The number of nitrogens with one attached hydrogen (secondary N) is 1. The summed E-state index contributed by atoms with van der Waals surface area (Å²) < 4.78 is 13.0. The molecule has 1 heterocycles. The molecule has 1 N–H and O–H groups in total. The highest BCUT2D eigenvalue weighted by Crippen LogP contribution is 2.08. The fraction of sp³-hybridized carbons (Fsp3) is 0.533. The molecule has 20 heavy (non-hydrogen) atoms. The molecule has 2 rings (SSSR count). The molecule has 1 fully saturated rings. The predicted molar refractivity (Wildman–Crippen MR) is 80.9 cm³/mol. The number of carbonyl (C=O) groups is 1. The molecule has 1 aromatic rings. The molecule has 3 nitrogen and oxygen atoms in total. The van der Waals surface area contributed by atoms with Gasteiger partial charge in [0.2, 0.25) is 0 Å². The quantitative estimate of drug-likeness (QED) is 0.819. The number of carbonyl (C=O) groups excluding carboxylic acids is 1. The van der Waals surface area contributed by atoms with E-state index < -0.39 is 0 Å². The van der Waals surface area contributed by atoms with Gasteiger partial charge in [-0.15, -0.1) is 12.4 Å².